The number of carboxylic acids is 1. The topological polar surface area (TPSA) is 290 Å². The molecule has 254 valence electrons. The summed E-state index contributed by atoms with van der Waals surface area (Å²) in [6.45, 7) is 0.126. The number of carbonyl (C=O) groups excluding carboxylic acids is 4. The lowest BCUT2D eigenvalue weighted by Crippen LogP contribution is -2.58. The summed E-state index contributed by atoms with van der Waals surface area (Å²) < 4.78 is 0. The summed E-state index contributed by atoms with van der Waals surface area (Å²) in [4.78, 5) is 74.2. The van der Waals surface area contributed by atoms with Crippen LogP contribution in [0, 0.1) is 0 Å². The van der Waals surface area contributed by atoms with Crippen molar-refractivity contribution in [2.24, 2.45) is 27.9 Å². The first-order valence-electron chi connectivity index (χ1n) is 15.3. The predicted molar refractivity (Wildman–Crippen MR) is 179 cm³/mol. The van der Waals surface area contributed by atoms with Gasteiger partial charge in [0.05, 0.1) is 12.5 Å². The van der Waals surface area contributed by atoms with Gasteiger partial charge in [0.2, 0.25) is 23.6 Å². The van der Waals surface area contributed by atoms with E-state index in [1.165, 1.54) is 0 Å². The summed E-state index contributed by atoms with van der Waals surface area (Å²) >= 11 is 0. The Kier molecular flexibility index (Phi) is 11.7. The molecule has 0 saturated carbocycles. The van der Waals surface area contributed by atoms with E-state index < -0.39 is 60.2 Å². The highest BCUT2D eigenvalue weighted by Crippen LogP contribution is 2.21. The third-order valence-corrected chi connectivity index (χ3v) is 7.78. The van der Waals surface area contributed by atoms with Gasteiger partial charge in [-0.25, -0.2) is 4.79 Å². The highest BCUT2D eigenvalue weighted by molar-refractivity contribution is 5.97. The second-order valence-electron chi connectivity index (χ2n) is 11.4. The Labute approximate surface area is 275 Å². The zero-order valence-electron chi connectivity index (χ0n) is 26.1. The summed E-state index contributed by atoms with van der Waals surface area (Å²) in [6.07, 6.45) is 3.19. The molecule has 4 amide bonds. The Morgan fingerprint density at radius 3 is 1.81 bits per heavy atom. The van der Waals surface area contributed by atoms with Gasteiger partial charge in [-0.1, -0.05) is 36.4 Å². The van der Waals surface area contributed by atoms with Crippen LogP contribution in [0.2, 0.25) is 0 Å². The van der Waals surface area contributed by atoms with Gasteiger partial charge >= 0.3 is 5.97 Å². The molecule has 2 heterocycles. The van der Waals surface area contributed by atoms with Crippen LogP contribution in [0.3, 0.4) is 0 Å². The van der Waals surface area contributed by atoms with Crippen LogP contribution >= 0.6 is 0 Å². The van der Waals surface area contributed by atoms with Crippen molar-refractivity contribution in [3.63, 3.8) is 0 Å². The molecule has 0 fully saturated rings. The fraction of sp³-hybridized carbons (Fsp3) is 0.312. The number of carbonyl (C=O) groups is 5. The molecule has 4 atom stereocenters. The number of nitrogens with one attached hydrogen (secondary N) is 5. The third kappa shape index (κ3) is 9.32. The number of guanidine groups is 1. The van der Waals surface area contributed by atoms with Gasteiger partial charge in [0.15, 0.2) is 5.96 Å². The number of para-hydroxylation sites is 2. The average Bonchev–Trinajstić information content (AvgIpc) is 3.65. The Hall–Kier alpha value is -5.90. The Balaban J connectivity index is 1.52. The molecule has 0 bridgehead atoms. The van der Waals surface area contributed by atoms with E-state index >= 15 is 0 Å². The fourth-order valence-corrected chi connectivity index (χ4v) is 5.35. The zero-order chi connectivity index (χ0) is 34.8. The van der Waals surface area contributed by atoms with Crippen molar-refractivity contribution in [3.8, 4) is 0 Å². The number of hydrogen-bond acceptors (Lipinski definition) is 7. The van der Waals surface area contributed by atoms with Crippen LogP contribution in [0.25, 0.3) is 21.8 Å². The zero-order valence-corrected chi connectivity index (χ0v) is 26.1. The van der Waals surface area contributed by atoms with Crippen LogP contribution < -0.4 is 38.9 Å². The van der Waals surface area contributed by atoms with Gasteiger partial charge in [0, 0.05) is 47.2 Å². The maximum absolute atomic E-state index is 13.8. The molecular formula is C32H40N10O6. The van der Waals surface area contributed by atoms with Gasteiger partial charge < -0.3 is 54.0 Å². The number of H-pyrrole nitrogens is 2. The van der Waals surface area contributed by atoms with Crippen molar-refractivity contribution in [2.75, 3.05) is 6.54 Å². The van der Waals surface area contributed by atoms with E-state index in [1.54, 1.807) is 12.4 Å². The maximum atomic E-state index is 13.8. The van der Waals surface area contributed by atoms with Crippen molar-refractivity contribution in [3.05, 3.63) is 72.1 Å². The molecular weight excluding hydrogens is 620 g/mol. The number of aromatic nitrogens is 2. The van der Waals surface area contributed by atoms with E-state index in [9.17, 15) is 29.1 Å². The lowest BCUT2D eigenvalue weighted by atomic mass is 10.0. The first-order valence-corrected chi connectivity index (χ1v) is 15.3. The van der Waals surface area contributed by atoms with Crippen LogP contribution in [-0.4, -0.2) is 81.3 Å². The number of fused-ring (bicyclic) bond motifs is 2. The first-order chi connectivity index (χ1) is 22.9. The van der Waals surface area contributed by atoms with Crippen molar-refractivity contribution < 1.29 is 29.1 Å². The van der Waals surface area contributed by atoms with E-state index in [2.05, 4.69) is 30.9 Å². The Morgan fingerprint density at radius 1 is 0.729 bits per heavy atom. The molecule has 4 rings (SSSR count). The molecule has 4 aromatic rings. The molecule has 16 nitrogen and oxygen atoms in total. The molecule has 0 saturated heterocycles. The minimum atomic E-state index is -1.54. The number of rotatable bonds is 17. The number of aromatic amines is 2. The molecule has 0 spiro atoms. The van der Waals surface area contributed by atoms with Gasteiger partial charge in [-0.2, -0.15) is 0 Å². The third-order valence-electron chi connectivity index (χ3n) is 7.78. The number of benzene rings is 2. The van der Waals surface area contributed by atoms with Gasteiger partial charge in [-0.05, 0) is 42.5 Å². The van der Waals surface area contributed by atoms with E-state index in [-0.39, 0.29) is 38.2 Å². The van der Waals surface area contributed by atoms with Gasteiger partial charge in [-0.15, -0.1) is 0 Å². The number of nitrogens with zero attached hydrogens (tertiary/aromatic N) is 1. The summed E-state index contributed by atoms with van der Waals surface area (Å²) in [5.74, 6) is -4.82. The molecule has 0 aliphatic heterocycles. The van der Waals surface area contributed by atoms with E-state index in [4.69, 9.17) is 22.9 Å². The number of aliphatic imine (C=N–C) groups is 1. The average molecular weight is 661 g/mol. The summed E-state index contributed by atoms with van der Waals surface area (Å²) in [5, 5.41) is 18.9. The quantitative estimate of drug-likeness (QED) is 0.0386. The van der Waals surface area contributed by atoms with Gasteiger partial charge in [0.25, 0.3) is 0 Å². The van der Waals surface area contributed by atoms with Crippen molar-refractivity contribution >= 4 is 57.4 Å². The van der Waals surface area contributed by atoms with E-state index in [1.807, 2.05) is 48.5 Å². The minimum absolute atomic E-state index is 0.00511. The van der Waals surface area contributed by atoms with E-state index in [0.29, 0.717) is 5.56 Å². The van der Waals surface area contributed by atoms with Crippen molar-refractivity contribution in [2.45, 2.75) is 56.3 Å². The van der Waals surface area contributed by atoms with Gasteiger partial charge in [-0.3, -0.25) is 24.2 Å². The lowest BCUT2D eigenvalue weighted by molar-refractivity contribution is -0.142. The fourth-order valence-electron chi connectivity index (χ4n) is 5.35. The van der Waals surface area contributed by atoms with Crippen LogP contribution in [0.1, 0.15) is 30.4 Å². The second-order valence-corrected chi connectivity index (χ2v) is 11.4. The van der Waals surface area contributed by atoms with E-state index in [0.717, 1.165) is 27.4 Å². The first kappa shape index (κ1) is 35.0. The standard InChI is InChI=1S/C32H40N10O6/c33-21(12-17-15-38-22-8-3-1-6-19(17)22)28(44)41-25(13-18-16-39-23-9-4-2-7-20(18)23)29(45)42-26(14-27(34)43)30(46)40-24(31(47)48)10-5-11-37-32(35)36/h1-4,6-9,15-16,21,24-26,38-39H,5,10-14,33H2,(H2,34,43)(H,40,46)(H,41,44)(H,42,45)(H,47,48)(H4,35,36,37). The number of hydrogen-bond donors (Lipinski definition) is 10. The number of nitrogens with two attached hydrogens (primary N) is 4. The SMILES string of the molecule is NC(=O)CC(NC(=O)C(Cc1c[nH]c2ccccc12)NC(=O)C(N)Cc1c[nH]c2ccccc12)C(=O)NC(CCCN=C(N)N)C(=O)O. The van der Waals surface area contributed by atoms with Crippen molar-refractivity contribution in [1.82, 2.24) is 25.9 Å². The normalized spacial score (nSPS) is 13.6. The molecule has 4 unspecified atom stereocenters. The molecule has 0 aliphatic carbocycles. The maximum Gasteiger partial charge on any atom is 0.326 e. The van der Waals surface area contributed by atoms with Crippen LogP contribution in [0.5, 0.6) is 0 Å². The Morgan fingerprint density at radius 2 is 1.25 bits per heavy atom. The number of amides is 4. The monoisotopic (exact) mass is 660 g/mol. The molecule has 0 aliphatic rings. The molecule has 2 aromatic heterocycles. The van der Waals surface area contributed by atoms with Crippen LogP contribution in [0.4, 0.5) is 0 Å². The Bertz CT molecular complexity index is 1810. The number of carboxylic acid groups (broad SMARTS) is 1. The summed E-state index contributed by atoms with van der Waals surface area (Å²) in [7, 11) is 0. The largest absolute Gasteiger partial charge is 0.480 e. The second kappa shape index (κ2) is 16.1. The van der Waals surface area contributed by atoms with Crippen LogP contribution in [0.15, 0.2) is 65.9 Å². The highest BCUT2D eigenvalue weighted by Gasteiger charge is 2.32. The highest BCUT2D eigenvalue weighted by atomic mass is 16.4. The molecule has 0 radical (unpaired) electrons. The molecule has 14 N–H and O–H groups in total. The molecule has 2 aromatic carbocycles. The summed E-state index contributed by atoms with van der Waals surface area (Å²) in [6, 6.07) is 9.73. The molecule has 16 heteroatoms. The van der Waals surface area contributed by atoms with Gasteiger partial charge in [0.1, 0.15) is 18.1 Å². The smallest absolute Gasteiger partial charge is 0.326 e. The predicted octanol–water partition coefficient (Wildman–Crippen LogP) is -0.770. The number of primary amides is 1. The lowest BCUT2D eigenvalue weighted by Gasteiger charge is -2.25. The van der Waals surface area contributed by atoms with Crippen molar-refractivity contribution in [1.29, 1.82) is 0 Å². The number of aliphatic carboxylic acids is 1. The van der Waals surface area contributed by atoms with Crippen LogP contribution in [-0.2, 0) is 36.8 Å². The molecule has 48 heavy (non-hydrogen) atoms. The summed E-state index contributed by atoms with van der Waals surface area (Å²) in [5.41, 5.74) is 25.5. The minimum Gasteiger partial charge on any atom is -0.480 e.